The van der Waals surface area contributed by atoms with E-state index in [1.807, 2.05) is 6.07 Å². The number of rotatable bonds is 2. The quantitative estimate of drug-likeness (QED) is 0.639. The maximum absolute atomic E-state index is 12.6. The Labute approximate surface area is 63.6 Å². The predicted molar refractivity (Wildman–Crippen MR) is 36.4 cm³/mol. The molecule has 1 nitrogen and oxygen atoms in total. The maximum Gasteiger partial charge on any atom is 0.176 e. The first-order valence-corrected chi connectivity index (χ1v) is 3.24. The monoisotopic (exact) mass is 157 g/mol. The van der Waals surface area contributed by atoms with E-state index in [9.17, 15) is 8.78 Å². The number of ether oxygens (including phenoxy) is 1. The van der Waals surface area contributed by atoms with Crippen molar-refractivity contribution in [3.63, 3.8) is 0 Å². The largest absolute Gasteiger partial charge is 0.491 e. The van der Waals surface area contributed by atoms with Crippen molar-refractivity contribution in [2.45, 2.75) is 6.92 Å². The molecule has 1 aromatic rings. The minimum Gasteiger partial charge on any atom is -0.491 e. The fourth-order valence-corrected chi connectivity index (χ4v) is 0.697. The van der Waals surface area contributed by atoms with E-state index in [4.69, 9.17) is 4.74 Å². The van der Waals surface area contributed by atoms with E-state index in [0.29, 0.717) is 6.61 Å². The first-order chi connectivity index (χ1) is 5.24. The molecule has 0 bridgehead atoms. The first kappa shape index (κ1) is 7.98. The van der Waals surface area contributed by atoms with Gasteiger partial charge in [0.15, 0.2) is 11.6 Å². The average molecular weight is 157 g/mol. The van der Waals surface area contributed by atoms with E-state index < -0.39 is 11.6 Å². The predicted octanol–water partition coefficient (Wildman–Crippen LogP) is 2.16. The van der Waals surface area contributed by atoms with Crippen LogP contribution in [0.2, 0.25) is 0 Å². The smallest absolute Gasteiger partial charge is 0.176 e. The van der Waals surface area contributed by atoms with E-state index >= 15 is 0 Å². The number of hydrogen-bond acceptors (Lipinski definition) is 1. The van der Waals surface area contributed by atoms with Crippen LogP contribution in [0.5, 0.6) is 5.75 Å². The van der Waals surface area contributed by atoms with Gasteiger partial charge in [-0.3, -0.25) is 0 Å². The van der Waals surface area contributed by atoms with Crippen LogP contribution in [-0.2, 0) is 0 Å². The van der Waals surface area contributed by atoms with Crippen molar-refractivity contribution in [3.8, 4) is 5.75 Å². The Morgan fingerprint density at radius 2 is 2.18 bits per heavy atom. The highest BCUT2D eigenvalue weighted by Crippen LogP contribution is 2.16. The molecule has 0 unspecified atom stereocenters. The molecule has 0 aliphatic heterocycles. The molecule has 0 aliphatic rings. The molecule has 0 N–H and O–H groups in total. The molecule has 11 heavy (non-hydrogen) atoms. The van der Waals surface area contributed by atoms with Crippen LogP contribution in [0.3, 0.4) is 0 Å². The minimum absolute atomic E-state index is 0.0360. The van der Waals surface area contributed by atoms with E-state index in [-0.39, 0.29) is 5.75 Å². The van der Waals surface area contributed by atoms with Gasteiger partial charge in [-0.2, -0.15) is 0 Å². The molecular weight excluding hydrogens is 150 g/mol. The Hall–Kier alpha value is -1.12. The summed E-state index contributed by atoms with van der Waals surface area (Å²) in [6.07, 6.45) is 0. The van der Waals surface area contributed by atoms with Gasteiger partial charge in [0, 0.05) is 0 Å². The van der Waals surface area contributed by atoms with Gasteiger partial charge in [-0.25, -0.2) is 8.78 Å². The molecule has 0 heterocycles. The summed E-state index contributed by atoms with van der Waals surface area (Å²) < 4.78 is 29.7. The van der Waals surface area contributed by atoms with Gasteiger partial charge in [0.25, 0.3) is 0 Å². The summed E-state index contributed by atoms with van der Waals surface area (Å²) in [7, 11) is 0. The van der Waals surface area contributed by atoms with Crippen molar-refractivity contribution in [3.05, 3.63) is 29.8 Å². The molecule has 0 atom stereocenters. The van der Waals surface area contributed by atoms with Crippen molar-refractivity contribution in [2.24, 2.45) is 0 Å². The number of halogens is 2. The molecule has 0 aromatic heterocycles. The molecule has 0 saturated heterocycles. The van der Waals surface area contributed by atoms with Crippen LogP contribution >= 0.6 is 0 Å². The molecular formula is C8H7F2O. The molecule has 3 heteroatoms. The lowest BCUT2D eigenvalue weighted by Gasteiger charge is -2.02. The summed E-state index contributed by atoms with van der Waals surface area (Å²) in [5, 5.41) is 0. The maximum atomic E-state index is 12.6. The fraction of sp³-hybridized carbons (Fsp3) is 0.250. The Morgan fingerprint density at radius 1 is 1.45 bits per heavy atom. The third kappa shape index (κ3) is 1.90. The lowest BCUT2D eigenvalue weighted by atomic mass is 10.3. The molecule has 0 saturated carbocycles. The lowest BCUT2D eigenvalue weighted by molar-refractivity contribution is 0.320. The zero-order chi connectivity index (χ0) is 8.27. The van der Waals surface area contributed by atoms with Crippen molar-refractivity contribution >= 4 is 0 Å². The van der Waals surface area contributed by atoms with Gasteiger partial charge in [0.2, 0.25) is 0 Å². The molecule has 0 spiro atoms. The van der Waals surface area contributed by atoms with E-state index in [0.717, 1.165) is 6.07 Å². The zero-order valence-corrected chi connectivity index (χ0v) is 6.03. The van der Waals surface area contributed by atoms with Gasteiger partial charge in [-0.05, 0) is 19.1 Å². The van der Waals surface area contributed by atoms with Crippen LogP contribution in [-0.4, -0.2) is 6.61 Å². The van der Waals surface area contributed by atoms with Gasteiger partial charge in [-0.1, -0.05) is 0 Å². The number of benzene rings is 1. The standard InChI is InChI=1S/C8H7F2O/c1-2-11-8-4-3-6(9)5-7(8)10/h3-4H,2H2,1H3. The van der Waals surface area contributed by atoms with Crippen LogP contribution in [0.4, 0.5) is 8.78 Å². The SMILES string of the molecule is CCOc1ccc(F)[c]c1F. The molecule has 0 fully saturated rings. The van der Waals surface area contributed by atoms with Crippen LogP contribution < -0.4 is 4.74 Å². The van der Waals surface area contributed by atoms with Crippen molar-refractivity contribution in [2.75, 3.05) is 6.61 Å². The van der Waals surface area contributed by atoms with Crippen molar-refractivity contribution in [1.29, 1.82) is 0 Å². The molecule has 0 aliphatic carbocycles. The summed E-state index contributed by atoms with van der Waals surface area (Å²) >= 11 is 0. The van der Waals surface area contributed by atoms with Gasteiger partial charge in [0.05, 0.1) is 12.7 Å². The molecule has 1 radical (unpaired) electrons. The summed E-state index contributed by atoms with van der Waals surface area (Å²) in [6.45, 7) is 2.08. The van der Waals surface area contributed by atoms with Crippen molar-refractivity contribution in [1.82, 2.24) is 0 Å². The van der Waals surface area contributed by atoms with Gasteiger partial charge in [0.1, 0.15) is 5.82 Å². The van der Waals surface area contributed by atoms with Gasteiger partial charge >= 0.3 is 0 Å². The Bertz CT molecular complexity index is 248. The second kappa shape index (κ2) is 3.32. The fourth-order valence-electron chi connectivity index (χ4n) is 0.697. The Balaban J connectivity index is 2.90. The van der Waals surface area contributed by atoms with Gasteiger partial charge in [-0.15, -0.1) is 0 Å². The zero-order valence-electron chi connectivity index (χ0n) is 6.03. The first-order valence-electron chi connectivity index (χ1n) is 3.24. The lowest BCUT2D eigenvalue weighted by Crippen LogP contribution is -1.94. The highest BCUT2D eigenvalue weighted by atomic mass is 19.1. The van der Waals surface area contributed by atoms with Crippen LogP contribution in [0, 0.1) is 17.7 Å². The molecule has 1 rings (SSSR count). The summed E-state index contributed by atoms with van der Waals surface area (Å²) in [5.41, 5.74) is 0. The van der Waals surface area contributed by atoms with Crippen LogP contribution in [0.15, 0.2) is 12.1 Å². The third-order valence-corrected chi connectivity index (χ3v) is 1.13. The summed E-state index contributed by atoms with van der Waals surface area (Å²) in [6, 6.07) is 4.21. The van der Waals surface area contributed by atoms with E-state index in [1.165, 1.54) is 6.07 Å². The minimum atomic E-state index is -0.785. The highest BCUT2D eigenvalue weighted by molar-refractivity contribution is 5.23. The number of hydrogen-bond donors (Lipinski definition) is 0. The average Bonchev–Trinajstić information content (AvgIpc) is 1.95. The molecule has 59 valence electrons. The highest BCUT2D eigenvalue weighted by Gasteiger charge is 2.03. The van der Waals surface area contributed by atoms with E-state index in [1.54, 1.807) is 6.92 Å². The topological polar surface area (TPSA) is 9.23 Å². The molecule has 1 aromatic carbocycles. The summed E-state index contributed by atoms with van der Waals surface area (Å²) in [4.78, 5) is 0. The van der Waals surface area contributed by atoms with Crippen molar-refractivity contribution < 1.29 is 13.5 Å². The summed E-state index contributed by atoms with van der Waals surface area (Å²) in [5.74, 6) is -1.47. The second-order valence-electron chi connectivity index (χ2n) is 1.92. The molecule has 0 amide bonds. The third-order valence-electron chi connectivity index (χ3n) is 1.13. The van der Waals surface area contributed by atoms with Gasteiger partial charge < -0.3 is 4.74 Å². The van der Waals surface area contributed by atoms with Crippen LogP contribution in [0.25, 0.3) is 0 Å². The van der Waals surface area contributed by atoms with Crippen LogP contribution in [0.1, 0.15) is 6.92 Å². The normalized spacial score (nSPS) is 9.73. The Kier molecular flexibility index (Phi) is 2.41. The van der Waals surface area contributed by atoms with E-state index in [2.05, 4.69) is 0 Å². The Morgan fingerprint density at radius 3 is 2.73 bits per heavy atom. The second-order valence-corrected chi connectivity index (χ2v) is 1.92.